The lowest BCUT2D eigenvalue weighted by Crippen LogP contribution is -2.13. The fraction of sp³-hybridized carbons (Fsp3) is 0.0588. The van der Waals surface area contributed by atoms with Crippen LogP contribution in [0.1, 0.15) is 15.9 Å². The van der Waals surface area contributed by atoms with Crippen LogP contribution >= 0.6 is 0 Å². The van der Waals surface area contributed by atoms with Gasteiger partial charge in [0.2, 0.25) is 0 Å². The fourth-order valence-electron chi connectivity index (χ4n) is 2.02. The van der Waals surface area contributed by atoms with Crippen LogP contribution in [-0.2, 0) is 0 Å². The number of aryl methyl sites for hydroxylation is 1. The molecule has 0 unspecified atom stereocenters. The van der Waals surface area contributed by atoms with Crippen LogP contribution in [0.15, 0.2) is 60.9 Å². The van der Waals surface area contributed by atoms with Crippen molar-refractivity contribution in [2.75, 3.05) is 10.6 Å². The van der Waals surface area contributed by atoms with E-state index in [9.17, 15) is 4.79 Å². The van der Waals surface area contributed by atoms with Gasteiger partial charge in [-0.2, -0.15) is 0 Å². The van der Waals surface area contributed by atoms with Crippen molar-refractivity contribution < 1.29 is 4.79 Å². The van der Waals surface area contributed by atoms with Crippen LogP contribution in [0.4, 0.5) is 17.3 Å². The summed E-state index contributed by atoms with van der Waals surface area (Å²) in [5.74, 6) is 0.718. The lowest BCUT2D eigenvalue weighted by molar-refractivity contribution is 0.102. The highest BCUT2D eigenvalue weighted by molar-refractivity contribution is 6.03. The molecule has 0 bridgehead atoms. The van der Waals surface area contributed by atoms with E-state index in [-0.39, 0.29) is 5.91 Å². The van der Waals surface area contributed by atoms with E-state index in [0.717, 1.165) is 11.3 Å². The maximum Gasteiger partial charge on any atom is 0.258 e. The van der Waals surface area contributed by atoms with Crippen molar-refractivity contribution in [2.45, 2.75) is 6.92 Å². The van der Waals surface area contributed by atoms with E-state index in [2.05, 4.69) is 25.8 Å². The van der Waals surface area contributed by atoms with Crippen molar-refractivity contribution in [2.24, 2.45) is 0 Å². The van der Waals surface area contributed by atoms with Gasteiger partial charge in [0.25, 0.3) is 5.91 Å². The van der Waals surface area contributed by atoms with Gasteiger partial charge in [-0.05, 0) is 48.9 Å². The first-order valence-electron chi connectivity index (χ1n) is 7.09. The molecule has 0 saturated heterocycles. The molecule has 2 N–H and O–H groups in total. The number of pyridine rings is 1. The Morgan fingerprint density at radius 2 is 1.83 bits per heavy atom. The summed E-state index contributed by atoms with van der Waals surface area (Å²) in [6, 6.07) is 14.8. The molecular weight excluding hydrogens is 290 g/mol. The zero-order valence-electron chi connectivity index (χ0n) is 12.5. The number of carbonyl (C=O) groups is 1. The molecule has 114 valence electrons. The van der Waals surface area contributed by atoms with Crippen molar-refractivity contribution in [1.82, 2.24) is 15.2 Å². The van der Waals surface area contributed by atoms with Gasteiger partial charge < -0.3 is 10.6 Å². The smallest absolute Gasteiger partial charge is 0.258 e. The molecule has 6 nitrogen and oxygen atoms in total. The molecule has 3 aromatic rings. The number of hydrogen-bond donors (Lipinski definition) is 2. The second kappa shape index (κ2) is 6.65. The number of hydrogen-bond acceptors (Lipinski definition) is 5. The average Bonchev–Trinajstić information content (AvgIpc) is 2.57. The number of aromatic nitrogens is 3. The number of carbonyl (C=O) groups excluding carboxylic acids is 1. The predicted octanol–water partition coefficient (Wildman–Crippen LogP) is 3.18. The average molecular weight is 305 g/mol. The third-order valence-electron chi connectivity index (χ3n) is 3.12. The SMILES string of the molecule is Cc1cccc(Nc2ccc(NC(=O)c3cccnc3)nn2)c1. The van der Waals surface area contributed by atoms with Crippen molar-refractivity contribution >= 4 is 23.2 Å². The summed E-state index contributed by atoms with van der Waals surface area (Å²) in [6.07, 6.45) is 3.11. The molecule has 0 fully saturated rings. The van der Waals surface area contributed by atoms with E-state index >= 15 is 0 Å². The summed E-state index contributed by atoms with van der Waals surface area (Å²) in [4.78, 5) is 15.9. The largest absolute Gasteiger partial charge is 0.339 e. The van der Waals surface area contributed by atoms with Crippen LogP contribution in [-0.4, -0.2) is 21.1 Å². The topological polar surface area (TPSA) is 79.8 Å². The molecule has 0 aliphatic heterocycles. The monoisotopic (exact) mass is 305 g/mol. The molecule has 0 spiro atoms. The highest BCUT2D eigenvalue weighted by Crippen LogP contribution is 2.16. The minimum atomic E-state index is -0.271. The summed E-state index contributed by atoms with van der Waals surface area (Å²) in [7, 11) is 0. The summed E-state index contributed by atoms with van der Waals surface area (Å²) in [5.41, 5.74) is 2.56. The van der Waals surface area contributed by atoms with E-state index in [1.54, 1.807) is 30.5 Å². The predicted molar refractivity (Wildman–Crippen MR) is 88.7 cm³/mol. The van der Waals surface area contributed by atoms with Crippen LogP contribution in [0.5, 0.6) is 0 Å². The Morgan fingerprint density at radius 1 is 1.00 bits per heavy atom. The van der Waals surface area contributed by atoms with Gasteiger partial charge in [0.05, 0.1) is 5.56 Å². The van der Waals surface area contributed by atoms with E-state index in [1.807, 2.05) is 31.2 Å². The Bertz CT molecular complexity index is 803. The third-order valence-corrected chi connectivity index (χ3v) is 3.12. The van der Waals surface area contributed by atoms with Crippen LogP contribution in [0, 0.1) is 6.92 Å². The molecule has 2 heterocycles. The minimum absolute atomic E-state index is 0.271. The number of benzene rings is 1. The molecule has 3 rings (SSSR count). The van der Waals surface area contributed by atoms with Crippen LogP contribution in [0.25, 0.3) is 0 Å². The Hall–Kier alpha value is -3.28. The fourth-order valence-corrected chi connectivity index (χ4v) is 2.02. The summed E-state index contributed by atoms with van der Waals surface area (Å²) < 4.78 is 0. The minimum Gasteiger partial charge on any atom is -0.339 e. The van der Waals surface area contributed by atoms with E-state index in [4.69, 9.17) is 0 Å². The first-order chi connectivity index (χ1) is 11.2. The van der Waals surface area contributed by atoms with Gasteiger partial charge in [0.1, 0.15) is 0 Å². The van der Waals surface area contributed by atoms with Gasteiger partial charge in [-0.3, -0.25) is 9.78 Å². The third kappa shape index (κ3) is 3.88. The Labute approximate surface area is 133 Å². The highest BCUT2D eigenvalue weighted by Gasteiger charge is 2.07. The molecule has 6 heteroatoms. The molecule has 1 aromatic carbocycles. The van der Waals surface area contributed by atoms with Crippen LogP contribution in [0.2, 0.25) is 0 Å². The number of rotatable bonds is 4. The van der Waals surface area contributed by atoms with E-state index < -0.39 is 0 Å². The molecule has 0 aliphatic rings. The molecular formula is C17H15N5O. The van der Waals surface area contributed by atoms with Gasteiger partial charge in [-0.15, -0.1) is 10.2 Å². The lowest BCUT2D eigenvalue weighted by Gasteiger charge is -2.07. The standard InChI is InChI=1S/C17H15N5O/c1-12-4-2-6-14(10-12)19-15-7-8-16(22-21-15)20-17(23)13-5-3-9-18-11-13/h2-11H,1H3,(H,19,21)(H,20,22,23). The quantitative estimate of drug-likeness (QED) is 0.774. The normalized spacial score (nSPS) is 10.1. The second-order valence-electron chi connectivity index (χ2n) is 4.99. The second-order valence-corrected chi connectivity index (χ2v) is 4.99. The number of nitrogens with one attached hydrogen (secondary N) is 2. The molecule has 0 atom stereocenters. The number of anilines is 3. The highest BCUT2D eigenvalue weighted by atomic mass is 16.1. The summed E-state index contributed by atoms with van der Waals surface area (Å²) in [6.45, 7) is 2.02. The van der Waals surface area contributed by atoms with Crippen molar-refractivity contribution in [3.05, 3.63) is 72.1 Å². The zero-order valence-corrected chi connectivity index (χ0v) is 12.5. The van der Waals surface area contributed by atoms with Crippen molar-refractivity contribution in [3.8, 4) is 0 Å². The Kier molecular flexibility index (Phi) is 4.24. The lowest BCUT2D eigenvalue weighted by atomic mass is 10.2. The molecule has 0 saturated carbocycles. The van der Waals surface area contributed by atoms with Gasteiger partial charge in [0, 0.05) is 18.1 Å². The van der Waals surface area contributed by atoms with Crippen LogP contribution < -0.4 is 10.6 Å². The first kappa shape index (κ1) is 14.6. The number of nitrogens with zero attached hydrogens (tertiary/aromatic N) is 3. The Morgan fingerprint density at radius 3 is 2.52 bits per heavy atom. The van der Waals surface area contributed by atoms with Gasteiger partial charge in [-0.25, -0.2) is 0 Å². The van der Waals surface area contributed by atoms with E-state index in [0.29, 0.717) is 17.2 Å². The maximum absolute atomic E-state index is 12.0. The summed E-state index contributed by atoms with van der Waals surface area (Å²) >= 11 is 0. The van der Waals surface area contributed by atoms with E-state index in [1.165, 1.54) is 6.20 Å². The first-order valence-corrected chi connectivity index (χ1v) is 7.09. The van der Waals surface area contributed by atoms with Crippen molar-refractivity contribution in [3.63, 3.8) is 0 Å². The summed E-state index contributed by atoms with van der Waals surface area (Å²) in [5, 5.41) is 13.9. The molecule has 2 aromatic heterocycles. The number of amides is 1. The molecule has 1 amide bonds. The van der Waals surface area contributed by atoms with Gasteiger partial charge in [0.15, 0.2) is 11.6 Å². The molecule has 23 heavy (non-hydrogen) atoms. The van der Waals surface area contributed by atoms with Gasteiger partial charge >= 0.3 is 0 Å². The molecule has 0 radical (unpaired) electrons. The van der Waals surface area contributed by atoms with Crippen molar-refractivity contribution in [1.29, 1.82) is 0 Å². The Balaban J connectivity index is 1.66. The maximum atomic E-state index is 12.0. The molecule has 0 aliphatic carbocycles. The zero-order chi connectivity index (χ0) is 16.1. The van der Waals surface area contributed by atoms with Crippen LogP contribution in [0.3, 0.4) is 0 Å². The van der Waals surface area contributed by atoms with Gasteiger partial charge in [-0.1, -0.05) is 12.1 Å².